The van der Waals surface area contributed by atoms with Crippen LogP contribution in [0.3, 0.4) is 0 Å². The lowest BCUT2D eigenvalue weighted by atomic mass is 10.0. The summed E-state index contributed by atoms with van der Waals surface area (Å²) in [6, 6.07) is 44.2. The number of pyridine rings is 1. The van der Waals surface area contributed by atoms with Crippen LogP contribution in [0, 0.1) is 6.92 Å². The molecule has 7 aromatic rings. The van der Waals surface area contributed by atoms with Gasteiger partial charge in [0.1, 0.15) is 5.65 Å². The molecule has 0 saturated carbocycles. The van der Waals surface area contributed by atoms with E-state index in [2.05, 4.69) is 72.5 Å². The van der Waals surface area contributed by atoms with E-state index in [-0.39, 0.29) is 0 Å². The molecule has 202 valence electrons. The normalized spacial score (nSPS) is 12.0. The molecule has 0 N–H and O–H groups in total. The van der Waals surface area contributed by atoms with Gasteiger partial charge in [-0.15, -0.1) is 0 Å². The van der Waals surface area contributed by atoms with Crippen LogP contribution in [0.25, 0.3) is 39.1 Å². The van der Waals surface area contributed by atoms with Gasteiger partial charge in [0.2, 0.25) is 0 Å². The summed E-state index contributed by atoms with van der Waals surface area (Å²) < 4.78 is 17.0. The van der Waals surface area contributed by atoms with E-state index in [1.165, 1.54) is 10.9 Å². The Balaban J connectivity index is 1.29. The number of fused-ring (bicyclic) bond motifs is 5. The zero-order valence-electron chi connectivity index (χ0n) is 23.3. The maximum Gasteiger partial charge on any atom is 0.171 e. The molecule has 0 radical (unpaired) electrons. The second-order valence-corrected chi connectivity index (χ2v) is 13.3. The fourth-order valence-electron chi connectivity index (χ4n) is 5.85. The molecule has 5 aromatic carbocycles. The Morgan fingerprint density at radius 1 is 0.690 bits per heavy atom. The average molecular weight is 561 g/mol. The first-order valence-electron chi connectivity index (χ1n) is 14.0. The molecular weight excluding hydrogens is 531 g/mol. The molecule has 0 unspecified atom stereocenters. The van der Waals surface area contributed by atoms with Crippen LogP contribution in [0.2, 0.25) is 0 Å². The number of hydrogen-bond acceptors (Lipinski definition) is 2. The van der Waals surface area contributed by atoms with Crippen LogP contribution in [0.4, 0.5) is 0 Å². The van der Waals surface area contributed by atoms with Crippen LogP contribution in [0.15, 0.2) is 146 Å². The number of aryl methyl sites for hydroxylation is 1. The highest BCUT2D eigenvalue weighted by Gasteiger charge is 2.29. The summed E-state index contributed by atoms with van der Waals surface area (Å²) in [4.78, 5) is 4.99. The number of imidazole rings is 1. The number of aromatic nitrogens is 2. The van der Waals surface area contributed by atoms with Gasteiger partial charge < -0.3 is 4.57 Å². The summed E-state index contributed by atoms with van der Waals surface area (Å²) in [5.74, 6) is 0. The predicted octanol–water partition coefficient (Wildman–Crippen LogP) is 8.32. The molecular formula is C38H29N2OP. The standard InChI is InChI=1S/C38H29N2OP/c1-27(29-22-24-32(25-23-29)42(41,30-13-5-3-6-14-30)31-15-7-4-8-16-31)21-26-36-28(2)33-17-9-10-18-34(33)38-39-35-19-11-12-20-37(35)40(36)38/h3-26H,1H2,2H3/b26-21-. The number of benzene rings is 5. The van der Waals surface area contributed by atoms with Crippen molar-refractivity contribution in [2.75, 3.05) is 0 Å². The Morgan fingerprint density at radius 3 is 1.90 bits per heavy atom. The molecule has 0 saturated heterocycles. The Morgan fingerprint density at radius 2 is 1.24 bits per heavy atom. The molecule has 0 atom stereocenters. The third-order valence-corrected chi connectivity index (χ3v) is 11.1. The van der Waals surface area contributed by atoms with Crippen molar-refractivity contribution in [1.82, 2.24) is 9.38 Å². The van der Waals surface area contributed by atoms with Gasteiger partial charge in [-0.25, -0.2) is 4.98 Å². The Bertz CT molecular complexity index is 2130. The number of hydrogen-bond donors (Lipinski definition) is 0. The topological polar surface area (TPSA) is 34.4 Å². The molecule has 7 rings (SSSR count). The highest BCUT2D eigenvalue weighted by atomic mass is 31.2. The second kappa shape index (κ2) is 10.4. The lowest BCUT2D eigenvalue weighted by molar-refractivity contribution is 0.592. The minimum Gasteiger partial charge on any atom is -0.309 e. The molecule has 4 heteroatoms. The van der Waals surface area contributed by atoms with E-state index in [0.29, 0.717) is 0 Å². The number of rotatable bonds is 6. The fourth-order valence-corrected chi connectivity index (χ4v) is 8.49. The lowest BCUT2D eigenvalue weighted by Crippen LogP contribution is -2.24. The summed E-state index contributed by atoms with van der Waals surface area (Å²) in [7, 11) is -3.02. The third-order valence-electron chi connectivity index (χ3n) is 8.04. The van der Waals surface area contributed by atoms with Crippen LogP contribution < -0.4 is 15.9 Å². The zero-order chi connectivity index (χ0) is 28.7. The minimum absolute atomic E-state index is 0.803. The largest absolute Gasteiger partial charge is 0.309 e. The van der Waals surface area contributed by atoms with Gasteiger partial charge in [-0.3, -0.25) is 4.40 Å². The summed E-state index contributed by atoms with van der Waals surface area (Å²) in [5, 5.41) is 4.78. The highest BCUT2D eigenvalue weighted by molar-refractivity contribution is 7.85. The summed E-state index contributed by atoms with van der Waals surface area (Å²) >= 11 is 0. The molecule has 3 nitrogen and oxygen atoms in total. The van der Waals surface area contributed by atoms with Crippen molar-refractivity contribution >= 4 is 62.2 Å². The first kappa shape index (κ1) is 26.0. The van der Waals surface area contributed by atoms with Crippen molar-refractivity contribution < 1.29 is 4.57 Å². The third kappa shape index (κ3) is 4.22. The summed E-state index contributed by atoms with van der Waals surface area (Å²) in [5.41, 5.74) is 7.12. The van der Waals surface area contributed by atoms with E-state index >= 15 is 0 Å². The first-order chi connectivity index (χ1) is 20.6. The van der Waals surface area contributed by atoms with E-state index in [1.54, 1.807) is 0 Å². The van der Waals surface area contributed by atoms with Crippen molar-refractivity contribution in [2.24, 2.45) is 0 Å². The monoisotopic (exact) mass is 560 g/mol. The molecule has 0 aliphatic carbocycles. The van der Waals surface area contributed by atoms with Crippen LogP contribution in [-0.4, -0.2) is 9.38 Å². The van der Waals surface area contributed by atoms with E-state index in [9.17, 15) is 4.57 Å². The van der Waals surface area contributed by atoms with Crippen LogP contribution in [0.5, 0.6) is 0 Å². The van der Waals surface area contributed by atoms with Gasteiger partial charge in [-0.1, -0.05) is 134 Å². The Kier molecular flexibility index (Phi) is 6.46. The van der Waals surface area contributed by atoms with E-state index in [1.807, 2.05) is 91.0 Å². The zero-order valence-corrected chi connectivity index (χ0v) is 24.2. The molecule has 0 aliphatic heterocycles. The molecule has 42 heavy (non-hydrogen) atoms. The number of allylic oxidation sites excluding steroid dienone is 2. The Labute approximate surface area is 245 Å². The Hall–Kier alpha value is -4.98. The molecule has 0 fully saturated rings. The average Bonchev–Trinajstić information content (AvgIpc) is 3.45. The van der Waals surface area contributed by atoms with Gasteiger partial charge >= 0.3 is 0 Å². The number of para-hydroxylation sites is 2. The van der Waals surface area contributed by atoms with Gasteiger partial charge in [0.05, 0.1) is 16.7 Å². The molecule has 0 spiro atoms. The van der Waals surface area contributed by atoms with Gasteiger partial charge in [0.25, 0.3) is 0 Å². The van der Waals surface area contributed by atoms with Crippen molar-refractivity contribution in [1.29, 1.82) is 0 Å². The van der Waals surface area contributed by atoms with Crippen LogP contribution >= 0.6 is 7.14 Å². The molecule has 2 aromatic heterocycles. The fraction of sp³-hybridized carbons (Fsp3) is 0.0263. The van der Waals surface area contributed by atoms with Crippen molar-refractivity contribution in [3.63, 3.8) is 0 Å². The van der Waals surface area contributed by atoms with Gasteiger partial charge in [-0.2, -0.15) is 0 Å². The molecule has 0 aliphatic rings. The maximum absolute atomic E-state index is 14.7. The van der Waals surface area contributed by atoms with E-state index in [0.717, 1.165) is 54.8 Å². The maximum atomic E-state index is 14.7. The molecule has 0 amide bonds. The van der Waals surface area contributed by atoms with E-state index < -0.39 is 7.14 Å². The predicted molar refractivity (Wildman–Crippen MR) is 179 cm³/mol. The number of nitrogens with zero attached hydrogens (tertiary/aromatic N) is 2. The first-order valence-corrected chi connectivity index (χ1v) is 15.7. The van der Waals surface area contributed by atoms with Gasteiger partial charge in [0.15, 0.2) is 7.14 Å². The second-order valence-electron chi connectivity index (χ2n) is 10.5. The van der Waals surface area contributed by atoms with E-state index in [4.69, 9.17) is 4.98 Å². The van der Waals surface area contributed by atoms with Crippen molar-refractivity contribution in [3.8, 4) is 0 Å². The van der Waals surface area contributed by atoms with Crippen LogP contribution in [-0.2, 0) is 4.57 Å². The van der Waals surface area contributed by atoms with Gasteiger partial charge in [0, 0.05) is 21.3 Å². The summed E-state index contributed by atoms with van der Waals surface area (Å²) in [6.07, 6.45) is 4.20. The van der Waals surface area contributed by atoms with Crippen molar-refractivity contribution in [3.05, 3.63) is 163 Å². The molecule has 0 bridgehead atoms. The minimum atomic E-state index is -3.02. The lowest BCUT2D eigenvalue weighted by Gasteiger charge is -2.20. The smallest absolute Gasteiger partial charge is 0.171 e. The van der Waals surface area contributed by atoms with Gasteiger partial charge in [-0.05, 0) is 47.2 Å². The van der Waals surface area contributed by atoms with Crippen LogP contribution in [0.1, 0.15) is 16.8 Å². The SMILES string of the molecule is C=C(/C=C\c1c(C)c2ccccc2c2nc3ccccc3n12)c1ccc(P(=O)(c2ccccc2)c2ccccc2)cc1. The highest BCUT2D eigenvalue weighted by Crippen LogP contribution is 2.42. The summed E-state index contributed by atoms with van der Waals surface area (Å²) in [6.45, 7) is 6.55. The quantitative estimate of drug-likeness (QED) is 0.151. The molecule has 2 heterocycles. The van der Waals surface area contributed by atoms with Crippen molar-refractivity contribution in [2.45, 2.75) is 6.92 Å².